The van der Waals surface area contributed by atoms with E-state index in [1.807, 2.05) is 6.88 Å². The Balaban J connectivity index is -0.000000114. The maximum atomic E-state index is 3.44. The zero-order valence-electron chi connectivity index (χ0n) is 20.7. The summed E-state index contributed by atoms with van der Waals surface area (Å²) < 4.78 is 0. The van der Waals surface area contributed by atoms with Gasteiger partial charge in [-0.15, -0.1) is 37.7 Å². The number of hydrogen-bond acceptors (Lipinski definition) is 0. The van der Waals surface area contributed by atoms with E-state index in [2.05, 4.69) is 52.0 Å². The molecule has 0 unspecified atom stereocenters. The van der Waals surface area contributed by atoms with E-state index in [1.54, 1.807) is 34.5 Å². The fourth-order valence-electron chi connectivity index (χ4n) is 3.14. The van der Waals surface area contributed by atoms with Gasteiger partial charge in [0.05, 0.1) is 0 Å². The quantitative estimate of drug-likeness (QED) is 0.188. The predicted molar refractivity (Wildman–Crippen MR) is 144 cm³/mol. The van der Waals surface area contributed by atoms with Gasteiger partial charge in [-0.05, 0) is 12.8 Å². The summed E-state index contributed by atoms with van der Waals surface area (Å²) >= 11 is 1.58. The van der Waals surface area contributed by atoms with Crippen molar-refractivity contribution in [2.45, 2.75) is 105 Å². The van der Waals surface area contributed by atoms with E-state index in [9.17, 15) is 0 Å². The molecule has 0 spiro atoms. The van der Waals surface area contributed by atoms with Gasteiger partial charge in [0.2, 0.25) is 0 Å². The average Bonchev–Trinajstić information content (AvgIpc) is 3.30. The van der Waals surface area contributed by atoms with E-state index < -0.39 is 0 Å². The molecule has 0 saturated heterocycles. The molecule has 2 rings (SSSR count). The third kappa shape index (κ3) is 20.5. The van der Waals surface area contributed by atoms with Crippen molar-refractivity contribution in [3.8, 4) is 0 Å². The molecule has 0 bridgehead atoms. The van der Waals surface area contributed by atoms with Crippen molar-refractivity contribution >= 4 is 31.7 Å². The van der Waals surface area contributed by atoms with E-state index >= 15 is 0 Å². The fourth-order valence-corrected chi connectivity index (χ4v) is 3.14. The Hall–Kier alpha value is 0.640. The summed E-state index contributed by atoms with van der Waals surface area (Å²) in [5.74, 6) is 0. The minimum atomic E-state index is 0. The number of unbranched alkanes of at least 4 members (excludes halogenated alkanes) is 2. The van der Waals surface area contributed by atoms with Gasteiger partial charge in [0.1, 0.15) is 0 Å². The Morgan fingerprint density at radius 3 is 1.27 bits per heavy atom. The minimum absolute atomic E-state index is 0. The molecule has 0 aliphatic heterocycles. The molecule has 0 fully saturated rings. The second kappa shape index (κ2) is 29.6. The molecule has 0 atom stereocenters. The Bertz CT molecular complexity index is 449. The topological polar surface area (TPSA) is 0 Å². The summed E-state index contributed by atoms with van der Waals surface area (Å²) in [4.78, 5) is 0. The van der Waals surface area contributed by atoms with Gasteiger partial charge in [0.25, 0.3) is 0 Å². The van der Waals surface area contributed by atoms with Crippen LogP contribution in [0, 0.1) is 27.0 Å². The standard InChI is InChI=1S/2C12H19.2CH3.2ClH.H2Si.Zr/c2*1-3-5-7-12-9-8-11(10-12)6-4-2;;;;;;/h2*10H,3-7,9H2,1-2H3;2*1H3;2*1H;1H2;/q4*-1;;;;. The molecule has 0 radical (unpaired) electrons. The third-order valence-electron chi connectivity index (χ3n) is 4.58. The average molecular weight is 551 g/mol. The van der Waals surface area contributed by atoms with Crippen molar-refractivity contribution < 1.29 is 23.3 Å². The molecule has 30 heavy (non-hydrogen) atoms. The molecule has 2 aliphatic rings. The molecule has 0 aromatic rings. The monoisotopic (exact) mass is 548 g/mol. The van der Waals surface area contributed by atoms with Gasteiger partial charge >= 0.3 is 30.2 Å². The number of hydrogen-bond donors (Lipinski definition) is 0. The second-order valence-corrected chi connectivity index (χ2v) is 7.07. The number of allylic oxidation sites excluding steroid dienone is 8. The van der Waals surface area contributed by atoms with Crippen molar-refractivity contribution in [2.24, 2.45) is 0 Å². The Labute approximate surface area is 219 Å². The fraction of sp³-hybridized carbons (Fsp3) is 0.615. The Morgan fingerprint density at radius 2 is 1.00 bits per heavy atom. The van der Waals surface area contributed by atoms with E-state index in [-0.39, 0.29) is 39.7 Å². The molecule has 2 aliphatic carbocycles. The summed E-state index contributed by atoms with van der Waals surface area (Å²) in [5.41, 5.74) is 6.09. The van der Waals surface area contributed by atoms with Crippen LogP contribution in [0.4, 0.5) is 0 Å². The normalized spacial score (nSPS) is 13.0. The first kappa shape index (κ1) is 40.9. The SMILES string of the molecule is CCCCC1=CC(CCC)=[C-]C1.CCCCC1=CC(CCC)=[C-]C1.Cl.Cl.[CH3-].[CH3-].[SiH2]=[Zr]. The van der Waals surface area contributed by atoms with Crippen molar-refractivity contribution in [2.75, 3.05) is 0 Å². The van der Waals surface area contributed by atoms with Crippen LogP contribution >= 0.6 is 24.8 Å². The van der Waals surface area contributed by atoms with Crippen LogP contribution in [0.5, 0.6) is 0 Å². The molecular formula is C26H48Cl2SiZr-4. The summed E-state index contributed by atoms with van der Waals surface area (Å²) in [6.07, 6.45) is 26.6. The first-order valence-corrected chi connectivity index (χ1v) is 16.6. The molecule has 178 valence electrons. The molecular weight excluding hydrogens is 503 g/mol. The van der Waals surface area contributed by atoms with E-state index in [4.69, 9.17) is 0 Å². The summed E-state index contributed by atoms with van der Waals surface area (Å²) in [6, 6.07) is 0. The summed E-state index contributed by atoms with van der Waals surface area (Å²) in [5, 5.41) is 0. The first-order valence-electron chi connectivity index (χ1n) is 10.7. The number of rotatable bonds is 10. The van der Waals surface area contributed by atoms with Crippen molar-refractivity contribution in [1.82, 2.24) is 0 Å². The molecule has 0 N–H and O–H groups in total. The van der Waals surface area contributed by atoms with E-state index in [0.717, 1.165) is 12.8 Å². The molecule has 0 aromatic heterocycles. The Morgan fingerprint density at radius 1 is 0.667 bits per heavy atom. The molecule has 4 heteroatoms. The maximum absolute atomic E-state index is 3.44. The van der Waals surface area contributed by atoms with Crippen LogP contribution in [-0.4, -0.2) is 6.88 Å². The van der Waals surface area contributed by atoms with E-state index in [1.165, 1.54) is 75.4 Å². The van der Waals surface area contributed by atoms with E-state index in [0.29, 0.717) is 0 Å². The van der Waals surface area contributed by atoms with Crippen molar-refractivity contribution in [3.63, 3.8) is 0 Å². The molecule has 0 nitrogen and oxygen atoms in total. The second-order valence-electron chi connectivity index (χ2n) is 7.07. The van der Waals surface area contributed by atoms with Crippen LogP contribution < -0.4 is 0 Å². The van der Waals surface area contributed by atoms with Crippen molar-refractivity contribution in [1.29, 1.82) is 0 Å². The van der Waals surface area contributed by atoms with Crippen LogP contribution in [0.3, 0.4) is 0 Å². The molecule has 0 heterocycles. The third-order valence-corrected chi connectivity index (χ3v) is 4.58. The zero-order chi connectivity index (χ0) is 19.6. The summed E-state index contributed by atoms with van der Waals surface area (Å²) in [7, 11) is 0. The molecule has 0 aromatic carbocycles. The van der Waals surface area contributed by atoms with Crippen LogP contribution in [0.25, 0.3) is 0 Å². The van der Waals surface area contributed by atoms with Crippen molar-refractivity contribution in [3.05, 3.63) is 61.4 Å². The van der Waals surface area contributed by atoms with Gasteiger partial charge in [-0.3, -0.25) is 12.2 Å². The Kier molecular flexibility index (Phi) is 40.5. The van der Waals surface area contributed by atoms with Crippen LogP contribution in [0.15, 0.2) is 34.4 Å². The van der Waals surface area contributed by atoms with Gasteiger partial charge in [0.15, 0.2) is 0 Å². The molecule has 0 amide bonds. The van der Waals surface area contributed by atoms with Gasteiger partial charge in [-0.25, -0.2) is 23.3 Å². The number of halogens is 2. The predicted octanol–water partition coefficient (Wildman–Crippen LogP) is 8.90. The zero-order valence-corrected chi connectivity index (χ0v) is 26.2. The van der Waals surface area contributed by atoms with Gasteiger partial charge < -0.3 is 14.9 Å². The summed E-state index contributed by atoms with van der Waals surface area (Å²) in [6.45, 7) is 10.9. The van der Waals surface area contributed by atoms with Gasteiger partial charge in [-0.2, -0.15) is 11.1 Å². The first-order chi connectivity index (χ1) is 12.7. The van der Waals surface area contributed by atoms with Crippen LogP contribution in [0.1, 0.15) is 105 Å². The van der Waals surface area contributed by atoms with Crippen LogP contribution in [-0.2, 0) is 23.3 Å². The van der Waals surface area contributed by atoms with Gasteiger partial charge in [-0.1, -0.05) is 79.1 Å². The van der Waals surface area contributed by atoms with Crippen LogP contribution in [0.2, 0.25) is 0 Å². The molecule has 0 saturated carbocycles. The van der Waals surface area contributed by atoms with Gasteiger partial charge in [0, 0.05) is 0 Å².